The van der Waals surface area contributed by atoms with Gasteiger partial charge in [0.05, 0.1) is 18.1 Å². The van der Waals surface area contributed by atoms with E-state index in [1.54, 1.807) is 0 Å². The Labute approximate surface area is 160 Å². The molecule has 3 aliphatic rings. The summed E-state index contributed by atoms with van der Waals surface area (Å²) in [5.74, 6) is 0.110. The van der Waals surface area contributed by atoms with Gasteiger partial charge in [0, 0.05) is 25.7 Å². The zero-order valence-corrected chi connectivity index (χ0v) is 16.1. The van der Waals surface area contributed by atoms with E-state index in [1.807, 2.05) is 36.9 Å². The Kier molecular flexibility index (Phi) is 4.95. The average molecular weight is 372 g/mol. The van der Waals surface area contributed by atoms with Crippen LogP contribution in [-0.4, -0.2) is 49.1 Å². The number of likely N-dealkylation sites (tertiary alicyclic amines) is 1. The zero-order valence-electron chi connectivity index (χ0n) is 16.1. The third-order valence-corrected chi connectivity index (χ3v) is 5.91. The highest BCUT2D eigenvalue weighted by molar-refractivity contribution is 5.84. The van der Waals surface area contributed by atoms with Gasteiger partial charge in [0.2, 0.25) is 5.91 Å². The minimum absolute atomic E-state index is 0.000371. The molecule has 0 aromatic heterocycles. The Morgan fingerprint density at radius 3 is 2.63 bits per heavy atom. The first-order valence-corrected chi connectivity index (χ1v) is 9.94. The molecule has 27 heavy (non-hydrogen) atoms. The van der Waals surface area contributed by atoms with E-state index < -0.39 is 11.7 Å². The number of hydrogen-bond donors (Lipinski definition) is 1. The van der Waals surface area contributed by atoms with Crippen molar-refractivity contribution in [2.45, 2.75) is 50.9 Å². The number of rotatable bonds is 3. The molecular formula is C21H28N2O4. The SMILES string of the molecule is CC(C)NC(=O)C1OC2(CCN(C(=O)C3CCOC3)CC2)c2ccccc21. The van der Waals surface area contributed by atoms with Crippen LogP contribution >= 0.6 is 0 Å². The lowest BCUT2D eigenvalue weighted by atomic mass is 9.83. The van der Waals surface area contributed by atoms with E-state index in [0.29, 0.717) is 26.3 Å². The Morgan fingerprint density at radius 2 is 1.96 bits per heavy atom. The Balaban J connectivity index is 1.51. The first-order valence-electron chi connectivity index (χ1n) is 9.94. The van der Waals surface area contributed by atoms with Crippen LogP contribution in [0.25, 0.3) is 0 Å². The first-order chi connectivity index (χ1) is 13.0. The molecule has 146 valence electrons. The van der Waals surface area contributed by atoms with E-state index in [0.717, 1.165) is 30.4 Å². The molecule has 0 aliphatic carbocycles. The molecule has 0 bridgehead atoms. The van der Waals surface area contributed by atoms with Crippen LogP contribution in [0.4, 0.5) is 0 Å². The smallest absolute Gasteiger partial charge is 0.254 e. The van der Waals surface area contributed by atoms with Crippen LogP contribution in [0.3, 0.4) is 0 Å². The highest BCUT2D eigenvalue weighted by Gasteiger charge is 2.49. The lowest BCUT2D eigenvalue weighted by molar-refractivity contribution is -0.157. The van der Waals surface area contributed by atoms with Gasteiger partial charge in [0.1, 0.15) is 0 Å². The molecule has 2 fully saturated rings. The Hall–Kier alpha value is -1.92. The van der Waals surface area contributed by atoms with Crippen LogP contribution < -0.4 is 5.32 Å². The second-order valence-corrected chi connectivity index (χ2v) is 8.13. The van der Waals surface area contributed by atoms with E-state index in [9.17, 15) is 9.59 Å². The highest BCUT2D eigenvalue weighted by atomic mass is 16.5. The van der Waals surface area contributed by atoms with Crippen molar-refractivity contribution in [1.82, 2.24) is 10.2 Å². The molecule has 4 rings (SSSR count). The van der Waals surface area contributed by atoms with Gasteiger partial charge in [0.25, 0.3) is 5.91 Å². The van der Waals surface area contributed by atoms with E-state index >= 15 is 0 Å². The Morgan fingerprint density at radius 1 is 1.22 bits per heavy atom. The van der Waals surface area contributed by atoms with Gasteiger partial charge in [-0.1, -0.05) is 24.3 Å². The number of piperidine rings is 1. The molecule has 2 amide bonds. The number of hydrogen-bond acceptors (Lipinski definition) is 4. The summed E-state index contributed by atoms with van der Waals surface area (Å²) < 4.78 is 11.8. The molecule has 2 saturated heterocycles. The van der Waals surface area contributed by atoms with E-state index in [4.69, 9.17) is 9.47 Å². The number of amides is 2. The fourth-order valence-corrected chi connectivity index (χ4v) is 4.51. The van der Waals surface area contributed by atoms with Gasteiger partial charge in [-0.3, -0.25) is 9.59 Å². The number of nitrogens with one attached hydrogen (secondary N) is 1. The maximum absolute atomic E-state index is 12.7. The van der Waals surface area contributed by atoms with Crippen molar-refractivity contribution in [2.24, 2.45) is 5.92 Å². The summed E-state index contributed by atoms with van der Waals surface area (Å²) in [6.07, 6.45) is 1.68. The molecule has 1 spiro atoms. The van der Waals surface area contributed by atoms with Crippen molar-refractivity contribution in [1.29, 1.82) is 0 Å². The molecule has 1 aromatic carbocycles. The first kappa shape index (κ1) is 18.4. The summed E-state index contributed by atoms with van der Waals surface area (Å²) >= 11 is 0. The van der Waals surface area contributed by atoms with Gasteiger partial charge in [0.15, 0.2) is 6.10 Å². The number of fused-ring (bicyclic) bond motifs is 2. The number of nitrogens with zero attached hydrogens (tertiary/aromatic N) is 1. The zero-order chi connectivity index (χ0) is 19.0. The quantitative estimate of drug-likeness (QED) is 0.883. The largest absolute Gasteiger partial charge is 0.381 e. The normalized spacial score (nSPS) is 26.4. The standard InChI is InChI=1S/C21H28N2O4/c1-14(2)22-19(24)18-16-5-3-4-6-17(16)21(27-18)8-10-23(11-9-21)20(25)15-7-12-26-13-15/h3-6,14-15,18H,7-13H2,1-2H3,(H,22,24). The van der Waals surface area contributed by atoms with Crippen molar-refractivity contribution >= 4 is 11.8 Å². The van der Waals surface area contributed by atoms with Crippen LogP contribution in [-0.2, 0) is 24.7 Å². The van der Waals surface area contributed by atoms with E-state index in [2.05, 4.69) is 11.4 Å². The van der Waals surface area contributed by atoms with Gasteiger partial charge >= 0.3 is 0 Å². The van der Waals surface area contributed by atoms with Crippen molar-refractivity contribution in [3.05, 3.63) is 35.4 Å². The number of carbonyl (C=O) groups is 2. The predicted molar refractivity (Wildman–Crippen MR) is 100.0 cm³/mol. The van der Waals surface area contributed by atoms with Gasteiger partial charge < -0.3 is 19.7 Å². The van der Waals surface area contributed by atoms with E-state index in [1.165, 1.54) is 0 Å². The summed E-state index contributed by atoms with van der Waals surface area (Å²) in [6, 6.07) is 8.08. The second-order valence-electron chi connectivity index (χ2n) is 8.13. The third kappa shape index (κ3) is 3.36. The summed E-state index contributed by atoms with van der Waals surface area (Å²) in [7, 11) is 0. The molecule has 6 heteroatoms. The minimum Gasteiger partial charge on any atom is -0.381 e. The highest BCUT2D eigenvalue weighted by Crippen LogP contribution is 2.49. The minimum atomic E-state index is -0.575. The van der Waals surface area contributed by atoms with Gasteiger partial charge in [-0.2, -0.15) is 0 Å². The van der Waals surface area contributed by atoms with Crippen LogP contribution in [0.2, 0.25) is 0 Å². The van der Waals surface area contributed by atoms with Crippen molar-refractivity contribution in [3.8, 4) is 0 Å². The van der Waals surface area contributed by atoms with Crippen molar-refractivity contribution < 1.29 is 19.1 Å². The topological polar surface area (TPSA) is 67.9 Å². The third-order valence-electron chi connectivity index (χ3n) is 5.91. The molecule has 3 aliphatic heterocycles. The molecule has 1 N–H and O–H groups in total. The monoisotopic (exact) mass is 372 g/mol. The molecule has 6 nitrogen and oxygen atoms in total. The summed E-state index contributed by atoms with van der Waals surface area (Å²) in [5, 5.41) is 2.97. The maximum Gasteiger partial charge on any atom is 0.254 e. The van der Waals surface area contributed by atoms with Crippen molar-refractivity contribution in [2.75, 3.05) is 26.3 Å². The molecule has 0 radical (unpaired) electrons. The fourth-order valence-electron chi connectivity index (χ4n) is 4.51. The number of benzene rings is 1. The molecular weight excluding hydrogens is 344 g/mol. The van der Waals surface area contributed by atoms with Crippen molar-refractivity contribution in [3.63, 3.8) is 0 Å². The number of carbonyl (C=O) groups excluding carboxylic acids is 2. The van der Waals surface area contributed by atoms with Crippen LogP contribution in [0, 0.1) is 5.92 Å². The molecule has 1 aromatic rings. The van der Waals surface area contributed by atoms with Crippen LogP contribution in [0.15, 0.2) is 24.3 Å². The lowest BCUT2D eigenvalue weighted by Crippen LogP contribution is -2.47. The summed E-state index contributed by atoms with van der Waals surface area (Å²) in [5.41, 5.74) is 1.59. The van der Waals surface area contributed by atoms with Gasteiger partial charge in [-0.25, -0.2) is 0 Å². The Bertz CT molecular complexity index is 719. The van der Waals surface area contributed by atoms with Crippen LogP contribution in [0.5, 0.6) is 0 Å². The predicted octanol–water partition coefficient (Wildman–Crippen LogP) is 2.14. The summed E-state index contributed by atoms with van der Waals surface area (Å²) in [6.45, 7) is 6.43. The molecule has 0 saturated carbocycles. The summed E-state index contributed by atoms with van der Waals surface area (Å²) in [4.78, 5) is 27.3. The van der Waals surface area contributed by atoms with Crippen LogP contribution in [0.1, 0.15) is 50.3 Å². The lowest BCUT2D eigenvalue weighted by Gasteiger charge is -2.40. The fraction of sp³-hybridized carbons (Fsp3) is 0.619. The molecule has 2 atom stereocenters. The molecule has 2 unspecified atom stereocenters. The second kappa shape index (κ2) is 7.24. The van der Waals surface area contributed by atoms with E-state index in [-0.39, 0.29) is 23.8 Å². The van der Waals surface area contributed by atoms with Gasteiger partial charge in [-0.05, 0) is 44.2 Å². The average Bonchev–Trinajstić information content (AvgIpc) is 3.29. The maximum atomic E-state index is 12.7. The van der Waals surface area contributed by atoms with Gasteiger partial charge in [-0.15, -0.1) is 0 Å². The number of ether oxygens (including phenoxy) is 2. The molecule has 3 heterocycles.